The van der Waals surface area contributed by atoms with Gasteiger partial charge in [0.2, 0.25) is 0 Å². The lowest BCUT2D eigenvalue weighted by atomic mass is 9.98. The zero-order valence-electron chi connectivity index (χ0n) is 14.2. The van der Waals surface area contributed by atoms with Crippen molar-refractivity contribution in [1.82, 2.24) is 4.98 Å². The Morgan fingerprint density at radius 3 is 2.71 bits per heavy atom. The lowest BCUT2D eigenvalue weighted by Crippen LogP contribution is -1.93. The van der Waals surface area contributed by atoms with Crippen molar-refractivity contribution in [2.24, 2.45) is 0 Å². The number of halogens is 1. The first-order valence-electron chi connectivity index (χ1n) is 8.30. The van der Waals surface area contributed by atoms with Gasteiger partial charge in [0.15, 0.2) is 0 Å². The molecule has 24 heavy (non-hydrogen) atoms. The second kappa shape index (κ2) is 9.31. The van der Waals surface area contributed by atoms with E-state index in [0.717, 1.165) is 26.8 Å². The Kier molecular flexibility index (Phi) is 7.41. The quantitative estimate of drug-likeness (QED) is 0.402. The van der Waals surface area contributed by atoms with Gasteiger partial charge < -0.3 is 0 Å². The van der Waals surface area contributed by atoms with Crippen LogP contribution in [-0.4, -0.2) is 4.98 Å². The summed E-state index contributed by atoms with van der Waals surface area (Å²) in [6, 6.07) is 6.54. The first kappa shape index (κ1) is 19.1. The van der Waals surface area contributed by atoms with E-state index in [9.17, 15) is 5.26 Å². The van der Waals surface area contributed by atoms with Crippen LogP contribution in [0.1, 0.15) is 51.2 Å². The van der Waals surface area contributed by atoms with Crippen LogP contribution in [0.15, 0.2) is 27.5 Å². The highest BCUT2D eigenvalue weighted by Gasteiger charge is 2.19. The maximum Gasteiger partial charge on any atom is 0.126 e. The Morgan fingerprint density at radius 1 is 1.29 bits per heavy atom. The van der Waals surface area contributed by atoms with Gasteiger partial charge in [-0.2, -0.15) is 5.26 Å². The number of aryl methyl sites for hydroxylation is 1. The summed E-state index contributed by atoms with van der Waals surface area (Å²) in [4.78, 5) is 6.76. The summed E-state index contributed by atoms with van der Waals surface area (Å²) >= 11 is 6.78. The largest absolute Gasteiger partial charge is 0.245 e. The lowest BCUT2D eigenvalue weighted by Gasteiger charge is -2.09. The monoisotopic (exact) mass is 420 g/mol. The molecule has 0 fully saturated rings. The molecule has 0 atom stereocenters. The third-order valence-corrected chi connectivity index (χ3v) is 6.34. The number of hydrogen-bond donors (Lipinski definition) is 0. The van der Waals surface area contributed by atoms with E-state index in [0.29, 0.717) is 5.56 Å². The number of nitrogens with zero attached hydrogens (tertiary/aromatic N) is 2. The van der Waals surface area contributed by atoms with Gasteiger partial charge in [-0.1, -0.05) is 39.7 Å². The second-order valence-corrected chi connectivity index (χ2v) is 8.40. The molecule has 0 saturated carbocycles. The molecule has 0 aliphatic rings. The molecule has 0 spiro atoms. The number of rotatable bonds is 5. The summed E-state index contributed by atoms with van der Waals surface area (Å²) in [5.41, 5.74) is 3.17. The maximum atomic E-state index is 9.53. The Hall–Kier alpha value is -1.22. The van der Waals surface area contributed by atoms with Crippen LogP contribution in [0.5, 0.6) is 0 Å². The highest BCUT2D eigenvalue weighted by Crippen LogP contribution is 2.42. The van der Waals surface area contributed by atoms with Gasteiger partial charge in [0.1, 0.15) is 10.9 Å². The van der Waals surface area contributed by atoms with E-state index in [2.05, 4.69) is 51.4 Å². The van der Waals surface area contributed by atoms with Gasteiger partial charge in [0.05, 0.1) is 9.35 Å². The molecule has 126 valence electrons. The average molecular weight is 421 g/mol. The minimum absolute atomic E-state index is 0.716. The van der Waals surface area contributed by atoms with Crippen LogP contribution in [0.4, 0.5) is 0 Å². The van der Waals surface area contributed by atoms with Gasteiger partial charge >= 0.3 is 0 Å². The van der Waals surface area contributed by atoms with E-state index in [1.165, 1.54) is 40.2 Å². The van der Waals surface area contributed by atoms with Crippen LogP contribution in [0.25, 0.3) is 20.7 Å². The fourth-order valence-electron chi connectivity index (χ4n) is 2.63. The molecule has 0 aromatic carbocycles. The van der Waals surface area contributed by atoms with E-state index >= 15 is 0 Å². The van der Waals surface area contributed by atoms with Crippen LogP contribution in [0.3, 0.4) is 0 Å². The molecule has 2 nitrogen and oxygen atoms in total. The molecular weight excluding hydrogens is 400 g/mol. The van der Waals surface area contributed by atoms with Crippen molar-refractivity contribution in [3.63, 3.8) is 0 Å². The summed E-state index contributed by atoms with van der Waals surface area (Å²) in [6.45, 7) is 6.21. The summed E-state index contributed by atoms with van der Waals surface area (Å²) < 4.78 is 0.876. The summed E-state index contributed by atoms with van der Waals surface area (Å²) in [6.07, 6.45) is 6.60. The zero-order chi connectivity index (χ0) is 17.5. The molecular formula is C19H21BrN2S2. The van der Waals surface area contributed by atoms with Crippen molar-refractivity contribution in [2.45, 2.75) is 46.5 Å². The van der Waals surface area contributed by atoms with Gasteiger partial charge in [-0.15, -0.1) is 22.7 Å². The predicted molar refractivity (Wildman–Crippen MR) is 110 cm³/mol. The molecule has 3 aromatic heterocycles. The summed E-state index contributed by atoms with van der Waals surface area (Å²) in [5, 5.41) is 12.6. The molecule has 3 aromatic rings. The highest BCUT2D eigenvalue weighted by molar-refractivity contribution is 9.11. The van der Waals surface area contributed by atoms with Crippen LogP contribution >= 0.6 is 38.6 Å². The van der Waals surface area contributed by atoms with Crippen molar-refractivity contribution in [3.8, 4) is 16.5 Å². The number of unbranched alkanes of at least 4 members (excludes halogenated alkanes) is 2. The molecule has 3 heterocycles. The van der Waals surface area contributed by atoms with Crippen LogP contribution in [0, 0.1) is 11.3 Å². The molecule has 3 rings (SSSR count). The number of fused-ring (bicyclic) bond motifs is 1. The second-order valence-electron chi connectivity index (χ2n) is 5.14. The van der Waals surface area contributed by atoms with Crippen LogP contribution in [-0.2, 0) is 6.42 Å². The topological polar surface area (TPSA) is 36.7 Å². The van der Waals surface area contributed by atoms with Gasteiger partial charge in [0, 0.05) is 22.0 Å². The predicted octanol–water partition coefficient (Wildman–Crippen LogP) is 7.42. The molecule has 5 heteroatoms. The lowest BCUT2D eigenvalue weighted by molar-refractivity contribution is 0.717. The van der Waals surface area contributed by atoms with Gasteiger partial charge in [-0.25, -0.2) is 4.98 Å². The Bertz CT molecular complexity index is 829. The minimum atomic E-state index is 0.716. The van der Waals surface area contributed by atoms with Crippen molar-refractivity contribution < 1.29 is 0 Å². The van der Waals surface area contributed by atoms with E-state index in [1.54, 1.807) is 11.3 Å². The van der Waals surface area contributed by atoms with Crippen molar-refractivity contribution in [3.05, 3.63) is 38.6 Å². The smallest absolute Gasteiger partial charge is 0.126 e. The van der Waals surface area contributed by atoms with Crippen LogP contribution in [0.2, 0.25) is 0 Å². The van der Waals surface area contributed by atoms with Gasteiger partial charge in [-0.05, 0) is 45.8 Å². The van der Waals surface area contributed by atoms with Crippen molar-refractivity contribution >= 4 is 48.8 Å². The number of thiophene rings is 2. The SMILES string of the molecule is CC.CCCCCc1cnc2sc(Br)c(C#N)c2c1-c1cccs1. The molecule has 0 aliphatic carbocycles. The first-order valence-corrected chi connectivity index (χ1v) is 10.8. The fraction of sp³-hybridized carbons (Fsp3) is 0.368. The van der Waals surface area contributed by atoms with E-state index in [1.807, 2.05) is 20.0 Å². The highest BCUT2D eigenvalue weighted by atomic mass is 79.9. The van der Waals surface area contributed by atoms with E-state index in [-0.39, 0.29) is 0 Å². The molecule has 0 unspecified atom stereocenters. The molecule has 0 N–H and O–H groups in total. The third kappa shape index (κ3) is 3.88. The number of nitriles is 1. The van der Waals surface area contributed by atoms with Gasteiger partial charge in [0.25, 0.3) is 0 Å². The van der Waals surface area contributed by atoms with E-state index in [4.69, 9.17) is 0 Å². The molecule has 0 amide bonds. The normalized spacial score (nSPS) is 10.3. The van der Waals surface area contributed by atoms with Crippen LogP contribution < -0.4 is 0 Å². The minimum Gasteiger partial charge on any atom is -0.245 e. The summed E-state index contributed by atoms with van der Waals surface area (Å²) in [5.74, 6) is 0. The van der Waals surface area contributed by atoms with E-state index < -0.39 is 0 Å². The zero-order valence-corrected chi connectivity index (χ0v) is 17.4. The van der Waals surface area contributed by atoms with Crippen molar-refractivity contribution in [1.29, 1.82) is 5.26 Å². The Morgan fingerprint density at radius 2 is 2.08 bits per heavy atom. The molecule has 0 saturated heterocycles. The molecule has 0 aliphatic heterocycles. The Labute approximate surface area is 160 Å². The summed E-state index contributed by atoms with van der Waals surface area (Å²) in [7, 11) is 0. The number of aromatic nitrogens is 1. The number of pyridine rings is 1. The third-order valence-electron chi connectivity index (χ3n) is 3.68. The fourth-order valence-corrected chi connectivity index (χ4v) is 5.02. The standard InChI is InChI=1S/C17H15BrN2S2.C2H6/c1-2-3-4-6-11-10-20-17-15(12(9-19)16(18)22-17)14(11)13-7-5-8-21-13;1-2/h5,7-8,10H,2-4,6H2,1H3;1-2H3. The Balaban J connectivity index is 0.00000100. The maximum absolute atomic E-state index is 9.53. The average Bonchev–Trinajstić information content (AvgIpc) is 3.23. The number of hydrogen-bond acceptors (Lipinski definition) is 4. The molecule has 0 bridgehead atoms. The first-order chi connectivity index (χ1) is 11.8. The molecule has 0 radical (unpaired) electrons. The van der Waals surface area contributed by atoms with Gasteiger partial charge in [-0.3, -0.25) is 0 Å². The van der Waals surface area contributed by atoms with Crippen molar-refractivity contribution in [2.75, 3.05) is 0 Å².